The maximum atomic E-state index is 4.95. The van der Waals surface area contributed by atoms with Crippen LogP contribution in [-0.2, 0) is 5.54 Å². The van der Waals surface area contributed by atoms with Gasteiger partial charge in [0.15, 0.2) is 0 Å². The van der Waals surface area contributed by atoms with E-state index in [1.165, 1.54) is 54.5 Å². The van der Waals surface area contributed by atoms with E-state index >= 15 is 0 Å². The van der Waals surface area contributed by atoms with Crippen LogP contribution in [0.1, 0.15) is 74.3 Å². The number of imidazole rings is 1. The van der Waals surface area contributed by atoms with Gasteiger partial charge >= 0.3 is 0 Å². The number of benzene rings is 3. The number of aromatic nitrogens is 2. The highest BCUT2D eigenvalue weighted by atomic mass is 15.1. The summed E-state index contributed by atoms with van der Waals surface area (Å²) in [6.45, 7) is 4.00. The molecule has 2 nitrogen and oxygen atoms in total. The van der Waals surface area contributed by atoms with Crippen molar-refractivity contribution in [2.24, 2.45) is 0 Å². The monoisotopic (exact) mass is 422 g/mol. The second-order valence-electron chi connectivity index (χ2n) is 8.35. The topological polar surface area (TPSA) is 17.8 Å². The Morgan fingerprint density at radius 3 is 1.53 bits per heavy atom. The minimum absolute atomic E-state index is 0.455. The molecule has 1 saturated carbocycles. The van der Waals surface area contributed by atoms with E-state index in [1.807, 2.05) is 13.8 Å². The summed E-state index contributed by atoms with van der Waals surface area (Å²) in [5, 5.41) is 0. The molecule has 0 unspecified atom stereocenters. The van der Waals surface area contributed by atoms with Crippen LogP contribution >= 0.6 is 0 Å². The lowest BCUT2D eigenvalue weighted by molar-refractivity contribution is 0.436. The van der Waals surface area contributed by atoms with Gasteiger partial charge in [0.2, 0.25) is 0 Å². The van der Waals surface area contributed by atoms with E-state index in [0.717, 1.165) is 0 Å². The van der Waals surface area contributed by atoms with Crippen molar-refractivity contribution in [3.63, 3.8) is 0 Å². The van der Waals surface area contributed by atoms with Gasteiger partial charge < -0.3 is 4.57 Å². The van der Waals surface area contributed by atoms with Crippen molar-refractivity contribution in [1.29, 1.82) is 0 Å². The average molecular weight is 423 g/mol. The van der Waals surface area contributed by atoms with E-state index in [0.29, 0.717) is 5.92 Å². The molecule has 0 aliphatic heterocycles. The van der Waals surface area contributed by atoms with Crippen LogP contribution in [0.3, 0.4) is 0 Å². The first-order valence-electron chi connectivity index (χ1n) is 12.1. The summed E-state index contributed by atoms with van der Waals surface area (Å²) >= 11 is 0. The average Bonchev–Trinajstić information content (AvgIpc) is 3.39. The highest BCUT2D eigenvalue weighted by Gasteiger charge is 2.38. The molecule has 0 bridgehead atoms. The summed E-state index contributed by atoms with van der Waals surface area (Å²) in [7, 11) is 0. The van der Waals surface area contributed by atoms with Gasteiger partial charge in [-0.05, 0) is 29.5 Å². The van der Waals surface area contributed by atoms with E-state index < -0.39 is 5.54 Å². The predicted molar refractivity (Wildman–Crippen MR) is 134 cm³/mol. The SMILES string of the molecule is CC.c1ccc(C(c2ccccc2)(c2ccccc2)n2cnc(C3CCCCC3)c2)cc1. The van der Waals surface area contributed by atoms with Crippen molar-refractivity contribution >= 4 is 0 Å². The molecule has 4 aromatic rings. The number of rotatable bonds is 5. The standard InChI is InChI=1S/C28H28N2.C2H6/c1-5-13-23(14-6-1)27-21-30(22-29-27)28(24-15-7-2-8-16-24,25-17-9-3-10-18-25)26-19-11-4-12-20-26;1-2/h2-4,7-12,15-23H,1,5-6,13-14H2;1-2H3. The van der Waals surface area contributed by atoms with E-state index in [4.69, 9.17) is 4.98 Å². The number of nitrogens with zero attached hydrogens (tertiary/aromatic N) is 2. The molecule has 1 aliphatic rings. The van der Waals surface area contributed by atoms with Crippen molar-refractivity contribution in [2.45, 2.75) is 57.4 Å². The molecule has 164 valence electrons. The molecule has 3 aromatic carbocycles. The van der Waals surface area contributed by atoms with Crippen LogP contribution in [0.4, 0.5) is 0 Å². The Hall–Kier alpha value is -3.13. The Morgan fingerprint density at radius 1 is 0.656 bits per heavy atom. The van der Waals surface area contributed by atoms with Crippen LogP contribution in [-0.4, -0.2) is 9.55 Å². The van der Waals surface area contributed by atoms with Crippen molar-refractivity contribution in [3.8, 4) is 0 Å². The van der Waals surface area contributed by atoms with Gasteiger partial charge in [0, 0.05) is 12.1 Å². The normalized spacial score (nSPS) is 14.4. The summed E-state index contributed by atoms with van der Waals surface area (Å²) in [6.07, 6.45) is 10.9. The van der Waals surface area contributed by atoms with Crippen molar-refractivity contribution < 1.29 is 0 Å². The van der Waals surface area contributed by atoms with E-state index in [2.05, 4.69) is 108 Å². The van der Waals surface area contributed by atoms with Gasteiger partial charge in [-0.1, -0.05) is 124 Å². The van der Waals surface area contributed by atoms with Crippen LogP contribution in [0.15, 0.2) is 104 Å². The number of hydrogen-bond donors (Lipinski definition) is 0. The lowest BCUT2D eigenvalue weighted by Gasteiger charge is -2.37. The van der Waals surface area contributed by atoms with Gasteiger partial charge in [-0.15, -0.1) is 0 Å². The predicted octanol–water partition coefficient (Wildman–Crippen LogP) is 7.80. The first-order valence-corrected chi connectivity index (χ1v) is 12.1. The highest BCUT2D eigenvalue weighted by Crippen LogP contribution is 2.42. The van der Waals surface area contributed by atoms with Crippen LogP contribution in [0.25, 0.3) is 0 Å². The maximum Gasteiger partial charge on any atom is 0.121 e. The lowest BCUT2D eigenvalue weighted by Crippen LogP contribution is -2.37. The zero-order valence-electron chi connectivity index (χ0n) is 19.3. The molecule has 0 N–H and O–H groups in total. The summed E-state index contributed by atoms with van der Waals surface area (Å²) in [4.78, 5) is 4.95. The summed E-state index contributed by atoms with van der Waals surface area (Å²) < 4.78 is 2.34. The van der Waals surface area contributed by atoms with Crippen molar-refractivity contribution in [1.82, 2.24) is 9.55 Å². The van der Waals surface area contributed by atoms with E-state index in [-0.39, 0.29) is 0 Å². The Bertz CT molecular complexity index is 965. The van der Waals surface area contributed by atoms with Gasteiger partial charge in [0.1, 0.15) is 5.54 Å². The molecular formula is C30H34N2. The lowest BCUT2D eigenvalue weighted by atomic mass is 9.76. The van der Waals surface area contributed by atoms with Gasteiger partial charge in [-0.25, -0.2) is 4.98 Å². The van der Waals surface area contributed by atoms with E-state index in [1.54, 1.807) is 0 Å². The highest BCUT2D eigenvalue weighted by molar-refractivity contribution is 5.50. The molecule has 0 radical (unpaired) electrons. The fraction of sp³-hybridized carbons (Fsp3) is 0.300. The largest absolute Gasteiger partial charge is 0.319 e. The smallest absolute Gasteiger partial charge is 0.121 e. The summed E-state index contributed by atoms with van der Waals surface area (Å²) in [5.41, 5.74) is 4.52. The Labute approximate surface area is 193 Å². The minimum Gasteiger partial charge on any atom is -0.319 e. The molecule has 1 heterocycles. The first-order chi connectivity index (χ1) is 15.9. The molecule has 1 aliphatic carbocycles. The molecule has 32 heavy (non-hydrogen) atoms. The van der Waals surface area contributed by atoms with E-state index in [9.17, 15) is 0 Å². The van der Waals surface area contributed by atoms with Gasteiger partial charge in [0.25, 0.3) is 0 Å². The van der Waals surface area contributed by atoms with Gasteiger partial charge in [-0.2, -0.15) is 0 Å². The quantitative estimate of drug-likeness (QED) is 0.300. The van der Waals surface area contributed by atoms with Gasteiger partial charge in [0.05, 0.1) is 12.0 Å². The zero-order chi connectivity index (χ0) is 22.2. The minimum atomic E-state index is -0.455. The second-order valence-corrected chi connectivity index (χ2v) is 8.35. The van der Waals surface area contributed by atoms with Crippen LogP contribution in [0.5, 0.6) is 0 Å². The van der Waals surface area contributed by atoms with Crippen LogP contribution in [0, 0.1) is 0 Å². The molecule has 1 fully saturated rings. The summed E-state index contributed by atoms with van der Waals surface area (Å²) in [6, 6.07) is 32.5. The second kappa shape index (κ2) is 10.5. The molecule has 0 spiro atoms. The van der Waals surface area contributed by atoms with Crippen molar-refractivity contribution in [2.75, 3.05) is 0 Å². The third-order valence-corrected chi connectivity index (χ3v) is 6.59. The van der Waals surface area contributed by atoms with Crippen LogP contribution in [0.2, 0.25) is 0 Å². The fourth-order valence-electron chi connectivity index (χ4n) is 5.12. The Morgan fingerprint density at radius 2 is 1.09 bits per heavy atom. The van der Waals surface area contributed by atoms with Crippen LogP contribution < -0.4 is 0 Å². The third-order valence-electron chi connectivity index (χ3n) is 6.59. The molecule has 1 aromatic heterocycles. The number of hydrogen-bond acceptors (Lipinski definition) is 1. The van der Waals surface area contributed by atoms with Gasteiger partial charge in [-0.3, -0.25) is 0 Å². The Balaban J connectivity index is 0.00000119. The molecule has 2 heteroatoms. The molecule has 0 saturated heterocycles. The fourth-order valence-corrected chi connectivity index (χ4v) is 5.12. The molecular weight excluding hydrogens is 388 g/mol. The first kappa shape index (κ1) is 22.1. The molecule has 0 atom stereocenters. The third kappa shape index (κ3) is 4.14. The maximum absolute atomic E-state index is 4.95. The molecule has 5 rings (SSSR count). The van der Waals surface area contributed by atoms with Crippen molar-refractivity contribution in [3.05, 3.63) is 126 Å². The molecule has 0 amide bonds. The Kier molecular flexibility index (Phi) is 7.21. The zero-order valence-corrected chi connectivity index (χ0v) is 19.3. The summed E-state index contributed by atoms with van der Waals surface area (Å²) in [5.74, 6) is 0.583.